The molecular weight excluding hydrogens is 400 g/mol. The molecule has 0 spiro atoms. The molecule has 0 saturated carbocycles. The topological polar surface area (TPSA) is 130 Å². The summed E-state index contributed by atoms with van der Waals surface area (Å²) in [6.07, 6.45) is 0. The Morgan fingerprint density at radius 3 is 2.66 bits per heavy atom. The average molecular weight is 416 g/mol. The molecule has 0 bridgehead atoms. The van der Waals surface area contributed by atoms with Crippen LogP contribution in [0.25, 0.3) is 11.5 Å². The number of methoxy groups -OCH3 is 2. The number of nitro benzene ring substituents is 1. The molecule has 2 aromatic carbocycles. The van der Waals surface area contributed by atoms with Crippen molar-refractivity contribution in [2.24, 2.45) is 0 Å². The molecule has 1 heterocycles. The normalized spacial score (nSPS) is 10.4. The summed E-state index contributed by atoms with van der Waals surface area (Å²) in [5, 5.41) is 21.6. The number of anilines is 1. The van der Waals surface area contributed by atoms with E-state index in [0.29, 0.717) is 17.1 Å². The summed E-state index contributed by atoms with van der Waals surface area (Å²) in [4.78, 5) is 22.6. The Labute approximate surface area is 169 Å². The molecule has 3 rings (SSSR count). The maximum atomic E-state index is 12.2. The summed E-state index contributed by atoms with van der Waals surface area (Å²) < 4.78 is 16.0. The van der Waals surface area contributed by atoms with Gasteiger partial charge < -0.3 is 19.2 Å². The number of nitrogens with zero attached hydrogens (tertiary/aromatic N) is 3. The van der Waals surface area contributed by atoms with Crippen LogP contribution in [0.15, 0.2) is 52.1 Å². The Hall–Kier alpha value is -3.60. The second-order valence-electron chi connectivity index (χ2n) is 5.55. The molecule has 3 aromatic rings. The number of non-ortho nitro benzene ring substituents is 1. The Balaban J connectivity index is 1.66. The molecule has 0 saturated heterocycles. The van der Waals surface area contributed by atoms with E-state index in [1.54, 1.807) is 12.1 Å². The number of carbonyl (C=O) groups excluding carboxylic acids is 1. The van der Waals surface area contributed by atoms with E-state index in [4.69, 9.17) is 13.9 Å². The van der Waals surface area contributed by atoms with E-state index < -0.39 is 10.8 Å². The first-order valence-electron chi connectivity index (χ1n) is 8.23. The van der Waals surface area contributed by atoms with Gasteiger partial charge in [-0.1, -0.05) is 23.9 Å². The zero-order valence-electron chi connectivity index (χ0n) is 15.4. The lowest BCUT2D eigenvalue weighted by atomic mass is 10.2. The van der Waals surface area contributed by atoms with Crippen molar-refractivity contribution in [3.63, 3.8) is 0 Å². The molecule has 1 aromatic heterocycles. The number of nitrogens with one attached hydrogen (secondary N) is 1. The summed E-state index contributed by atoms with van der Waals surface area (Å²) >= 11 is 1.03. The summed E-state index contributed by atoms with van der Waals surface area (Å²) in [5.74, 6) is 0.712. The van der Waals surface area contributed by atoms with Crippen molar-refractivity contribution >= 4 is 29.0 Å². The van der Waals surface area contributed by atoms with Gasteiger partial charge in [0.15, 0.2) is 0 Å². The van der Waals surface area contributed by atoms with Gasteiger partial charge >= 0.3 is 0 Å². The van der Waals surface area contributed by atoms with Crippen LogP contribution in [0.2, 0.25) is 0 Å². The number of rotatable bonds is 8. The van der Waals surface area contributed by atoms with Crippen LogP contribution >= 0.6 is 11.8 Å². The highest BCUT2D eigenvalue weighted by molar-refractivity contribution is 7.99. The van der Waals surface area contributed by atoms with E-state index in [2.05, 4.69) is 15.5 Å². The van der Waals surface area contributed by atoms with Gasteiger partial charge in [0.05, 0.1) is 36.1 Å². The van der Waals surface area contributed by atoms with Gasteiger partial charge in [0.1, 0.15) is 11.5 Å². The van der Waals surface area contributed by atoms with E-state index in [0.717, 1.165) is 11.8 Å². The quantitative estimate of drug-likeness (QED) is 0.333. The lowest BCUT2D eigenvalue weighted by Gasteiger charge is -2.09. The van der Waals surface area contributed by atoms with Crippen LogP contribution in [0.4, 0.5) is 11.4 Å². The van der Waals surface area contributed by atoms with E-state index in [1.807, 2.05) is 12.1 Å². The van der Waals surface area contributed by atoms with Gasteiger partial charge in [-0.2, -0.15) is 0 Å². The van der Waals surface area contributed by atoms with Gasteiger partial charge in [-0.25, -0.2) is 0 Å². The lowest BCUT2D eigenvalue weighted by Crippen LogP contribution is -2.14. The largest absolute Gasteiger partial charge is 0.496 e. The molecular formula is C18H16N4O6S. The van der Waals surface area contributed by atoms with Gasteiger partial charge in [0.25, 0.3) is 16.8 Å². The van der Waals surface area contributed by atoms with Crippen LogP contribution in [0.1, 0.15) is 0 Å². The van der Waals surface area contributed by atoms with Crippen LogP contribution in [0.5, 0.6) is 11.5 Å². The first-order valence-corrected chi connectivity index (χ1v) is 9.22. The highest BCUT2D eigenvalue weighted by Crippen LogP contribution is 2.31. The third-order valence-electron chi connectivity index (χ3n) is 3.74. The summed E-state index contributed by atoms with van der Waals surface area (Å²) in [6.45, 7) is 0. The minimum Gasteiger partial charge on any atom is -0.496 e. The van der Waals surface area contributed by atoms with Gasteiger partial charge in [-0.3, -0.25) is 14.9 Å². The van der Waals surface area contributed by atoms with Crippen LogP contribution < -0.4 is 14.8 Å². The van der Waals surface area contributed by atoms with Crippen molar-refractivity contribution in [2.45, 2.75) is 5.22 Å². The van der Waals surface area contributed by atoms with E-state index >= 15 is 0 Å². The lowest BCUT2D eigenvalue weighted by molar-refractivity contribution is -0.384. The Morgan fingerprint density at radius 2 is 1.93 bits per heavy atom. The molecule has 1 N–H and O–H groups in total. The number of ether oxygens (including phenoxy) is 2. The van der Waals surface area contributed by atoms with Crippen molar-refractivity contribution in [1.82, 2.24) is 10.2 Å². The van der Waals surface area contributed by atoms with Crippen molar-refractivity contribution in [1.29, 1.82) is 0 Å². The number of thioether (sulfide) groups is 1. The van der Waals surface area contributed by atoms with E-state index in [9.17, 15) is 14.9 Å². The third kappa shape index (κ3) is 4.82. The molecule has 150 valence electrons. The van der Waals surface area contributed by atoms with Crippen molar-refractivity contribution < 1.29 is 23.6 Å². The smallest absolute Gasteiger partial charge is 0.277 e. The minimum absolute atomic E-state index is 0.0423. The first-order chi connectivity index (χ1) is 14.0. The number of nitro groups is 1. The fourth-order valence-corrected chi connectivity index (χ4v) is 2.98. The predicted octanol–water partition coefficient (Wildman–Crippen LogP) is 3.39. The Bertz CT molecular complexity index is 1040. The number of amides is 1. The van der Waals surface area contributed by atoms with Crippen molar-refractivity contribution in [2.75, 3.05) is 25.3 Å². The van der Waals surface area contributed by atoms with Crippen LogP contribution in [-0.4, -0.2) is 41.0 Å². The van der Waals surface area contributed by atoms with Crippen LogP contribution in [0.3, 0.4) is 0 Å². The monoisotopic (exact) mass is 416 g/mol. The molecule has 0 unspecified atom stereocenters. The summed E-state index contributed by atoms with van der Waals surface area (Å²) in [6, 6.07) is 11.1. The minimum atomic E-state index is -0.554. The molecule has 0 fully saturated rings. The van der Waals surface area contributed by atoms with Crippen molar-refractivity contribution in [3.05, 3.63) is 52.6 Å². The van der Waals surface area contributed by atoms with Gasteiger partial charge in [-0.05, 0) is 18.2 Å². The number of hydrogen-bond acceptors (Lipinski definition) is 9. The number of para-hydroxylation sites is 1. The van der Waals surface area contributed by atoms with E-state index in [-0.39, 0.29) is 28.2 Å². The zero-order chi connectivity index (χ0) is 20.8. The molecule has 0 aliphatic rings. The Kier molecular flexibility index (Phi) is 6.29. The fraction of sp³-hybridized carbons (Fsp3) is 0.167. The molecule has 11 heteroatoms. The molecule has 29 heavy (non-hydrogen) atoms. The molecule has 0 atom stereocenters. The maximum Gasteiger partial charge on any atom is 0.277 e. The number of carbonyl (C=O) groups is 1. The fourth-order valence-electron chi connectivity index (χ4n) is 2.42. The second kappa shape index (κ2) is 9.06. The highest BCUT2D eigenvalue weighted by Gasteiger charge is 2.16. The SMILES string of the molecule is COc1ccc([N+](=O)[O-])cc1NC(=O)CSc1nnc(-c2ccccc2OC)o1. The molecule has 1 amide bonds. The van der Waals surface area contributed by atoms with Gasteiger partial charge in [-0.15, -0.1) is 10.2 Å². The number of aromatic nitrogens is 2. The average Bonchev–Trinajstić information content (AvgIpc) is 3.21. The van der Waals surface area contributed by atoms with E-state index in [1.165, 1.54) is 32.4 Å². The molecule has 0 aliphatic heterocycles. The second-order valence-corrected chi connectivity index (χ2v) is 6.48. The molecule has 0 aliphatic carbocycles. The zero-order valence-corrected chi connectivity index (χ0v) is 16.3. The van der Waals surface area contributed by atoms with Gasteiger partial charge in [0.2, 0.25) is 5.91 Å². The van der Waals surface area contributed by atoms with Crippen LogP contribution in [0, 0.1) is 10.1 Å². The standard InChI is InChI=1S/C18H16N4O6S/c1-26-14-6-4-3-5-12(14)17-20-21-18(28-17)29-10-16(23)19-13-9-11(22(24)25)7-8-15(13)27-2/h3-9H,10H2,1-2H3,(H,19,23). The van der Waals surface area contributed by atoms with Crippen LogP contribution in [-0.2, 0) is 4.79 Å². The molecule has 0 radical (unpaired) electrons. The number of benzene rings is 2. The maximum absolute atomic E-state index is 12.2. The summed E-state index contributed by atoms with van der Waals surface area (Å²) in [7, 11) is 2.95. The Morgan fingerprint density at radius 1 is 1.17 bits per heavy atom. The highest BCUT2D eigenvalue weighted by atomic mass is 32.2. The third-order valence-corrected chi connectivity index (χ3v) is 4.56. The van der Waals surface area contributed by atoms with Crippen molar-refractivity contribution in [3.8, 4) is 23.0 Å². The molecule has 10 nitrogen and oxygen atoms in total. The summed E-state index contributed by atoms with van der Waals surface area (Å²) in [5.41, 5.74) is 0.680. The predicted molar refractivity (Wildman–Crippen MR) is 105 cm³/mol. The van der Waals surface area contributed by atoms with Gasteiger partial charge in [0, 0.05) is 12.1 Å². The first kappa shape index (κ1) is 20.1. The number of hydrogen-bond donors (Lipinski definition) is 1.